The Morgan fingerprint density at radius 2 is 1.90 bits per heavy atom. The van der Waals surface area contributed by atoms with E-state index in [-0.39, 0.29) is 17.5 Å². The lowest BCUT2D eigenvalue weighted by Crippen LogP contribution is -2.31. The van der Waals surface area contributed by atoms with Gasteiger partial charge in [-0.25, -0.2) is 4.79 Å². The molecule has 5 heteroatoms. The van der Waals surface area contributed by atoms with Gasteiger partial charge >= 0.3 is 5.97 Å². The van der Waals surface area contributed by atoms with E-state index >= 15 is 0 Å². The topological polar surface area (TPSA) is 52.6 Å². The Bertz CT molecular complexity index is 594. The largest absolute Gasteiger partial charge is 0.450 e. The monoisotopic (exact) mass is 350 g/mol. The minimum absolute atomic E-state index is 0.143. The van der Waals surface area contributed by atoms with E-state index in [1.54, 1.807) is 12.1 Å². The lowest BCUT2D eigenvalue weighted by molar-refractivity contribution is -0.146. The molecular formula is C16H15BrO4. The van der Waals surface area contributed by atoms with E-state index in [1.807, 2.05) is 18.2 Å². The smallest absolute Gasteiger partial charge is 0.375 e. The first-order valence-corrected chi connectivity index (χ1v) is 7.82. The fourth-order valence-corrected chi connectivity index (χ4v) is 3.39. The minimum atomic E-state index is -0.538. The van der Waals surface area contributed by atoms with Gasteiger partial charge in [-0.1, -0.05) is 24.6 Å². The average molecular weight is 351 g/mol. The van der Waals surface area contributed by atoms with E-state index in [0.717, 1.165) is 19.3 Å². The molecule has 110 valence electrons. The first kappa shape index (κ1) is 14.3. The van der Waals surface area contributed by atoms with Crippen molar-refractivity contribution in [3.8, 4) is 5.75 Å². The highest BCUT2D eigenvalue weighted by molar-refractivity contribution is 9.11. The van der Waals surface area contributed by atoms with Crippen LogP contribution in [0.2, 0.25) is 0 Å². The van der Waals surface area contributed by atoms with Gasteiger partial charge in [0.1, 0.15) is 17.6 Å². The highest BCUT2D eigenvalue weighted by atomic mass is 79.9. The van der Waals surface area contributed by atoms with E-state index in [4.69, 9.17) is 9.47 Å². The number of carbonyl (C=O) groups is 2. The van der Waals surface area contributed by atoms with Crippen LogP contribution in [0, 0.1) is 5.92 Å². The fourth-order valence-electron chi connectivity index (χ4n) is 2.73. The second-order valence-electron chi connectivity index (χ2n) is 5.24. The molecule has 1 aliphatic carbocycles. The van der Waals surface area contributed by atoms with E-state index in [9.17, 15) is 9.59 Å². The number of rotatable bonds is 3. The second kappa shape index (κ2) is 6.02. The van der Waals surface area contributed by atoms with Gasteiger partial charge in [0.25, 0.3) is 0 Å². The van der Waals surface area contributed by atoms with Crippen LogP contribution in [-0.2, 0) is 14.3 Å². The second-order valence-corrected chi connectivity index (χ2v) is 6.09. The zero-order valence-corrected chi connectivity index (χ0v) is 13.0. The Balaban J connectivity index is 1.82. The van der Waals surface area contributed by atoms with Crippen molar-refractivity contribution < 1.29 is 19.1 Å². The van der Waals surface area contributed by atoms with Crippen LogP contribution in [0.25, 0.3) is 0 Å². The summed E-state index contributed by atoms with van der Waals surface area (Å²) in [7, 11) is 0. The molecule has 0 aromatic heterocycles. The number of hydrogen-bond acceptors (Lipinski definition) is 4. The fraction of sp³-hybridized carbons (Fsp3) is 0.375. The van der Waals surface area contributed by atoms with E-state index in [2.05, 4.69) is 15.9 Å². The Morgan fingerprint density at radius 1 is 1.14 bits per heavy atom. The van der Waals surface area contributed by atoms with Crippen LogP contribution in [0.5, 0.6) is 5.75 Å². The molecule has 0 spiro atoms. The van der Waals surface area contributed by atoms with Crippen molar-refractivity contribution in [3.05, 3.63) is 40.6 Å². The number of ketones is 1. The van der Waals surface area contributed by atoms with Crippen LogP contribution in [-0.4, -0.2) is 17.9 Å². The number of para-hydroxylation sites is 1. The number of carbonyl (C=O) groups excluding carboxylic acids is 2. The SMILES string of the molecule is O=C1O[C@H]([C@@H]2CCCCC2=O)C(Br)=C1Oc1ccccc1. The van der Waals surface area contributed by atoms with Gasteiger partial charge in [-0.05, 0) is 40.9 Å². The van der Waals surface area contributed by atoms with Gasteiger partial charge in [0.05, 0.1) is 10.4 Å². The maximum atomic E-state index is 12.0. The number of ether oxygens (including phenoxy) is 2. The summed E-state index contributed by atoms with van der Waals surface area (Å²) in [6, 6.07) is 9.05. The van der Waals surface area contributed by atoms with Crippen molar-refractivity contribution >= 4 is 27.7 Å². The number of cyclic esters (lactones) is 1. The number of halogens is 1. The number of hydrogen-bond donors (Lipinski definition) is 0. The summed E-state index contributed by atoms with van der Waals surface area (Å²) < 4.78 is 11.5. The molecule has 1 fully saturated rings. The molecule has 0 bridgehead atoms. The summed E-state index contributed by atoms with van der Waals surface area (Å²) in [6.07, 6.45) is 2.69. The molecule has 0 amide bonds. The van der Waals surface area contributed by atoms with E-state index < -0.39 is 12.1 Å². The summed E-state index contributed by atoms with van der Waals surface area (Å²) >= 11 is 3.39. The third-order valence-corrected chi connectivity index (χ3v) is 4.63. The molecule has 0 N–H and O–H groups in total. The first-order chi connectivity index (χ1) is 10.2. The van der Waals surface area contributed by atoms with Crippen LogP contribution in [0.3, 0.4) is 0 Å². The molecule has 1 aromatic rings. The molecule has 2 atom stereocenters. The van der Waals surface area contributed by atoms with E-state index in [1.165, 1.54) is 0 Å². The molecule has 1 aliphatic heterocycles. The first-order valence-electron chi connectivity index (χ1n) is 7.03. The molecule has 0 saturated heterocycles. The molecule has 0 unspecified atom stereocenters. The molecule has 1 aromatic carbocycles. The predicted molar refractivity (Wildman–Crippen MR) is 79.9 cm³/mol. The maximum Gasteiger partial charge on any atom is 0.375 e. The van der Waals surface area contributed by atoms with Gasteiger partial charge in [-0.3, -0.25) is 4.79 Å². The third kappa shape index (κ3) is 2.88. The summed E-state index contributed by atoms with van der Waals surface area (Å²) in [5, 5.41) is 0. The Hall–Kier alpha value is -1.62. The Morgan fingerprint density at radius 3 is 2.62 bits per heavy atom. The quantitative estimate of drug-likeness (QED) is 0.784. The minimum Gasteiger partial charge on any atom is -0.450 e. The van der Waals surface area contributed by atoms with Crippen LogP contribution in [0.4, 0.5) is 0 Å². The third-order valence-electron chi connectivity index (χ3n) is 3.82. The summed E-state index contributed by atoms with van der Waals surface area (Å²) in [6.45, 7) is 0. The lowest BCUT2D eigenvalue weighted by Gasteiger charge is -2.25. The normalized spacial score (nSPS) is 26.0. The maximum absolute atomic E-state index is 12.0. The van der Waals surface area contributed by atoms with Gasteiger partial charge in [0.15, 0.2) is 0 Å². The van der Waals surface area contributed by atoms with Crippen LogP contribution >= 0.6 is 15.9 Å². The molecule has 2 aliphatic rings. The lowest BCUT2D eigenvalue weighted by atomic mass is 9.84. The van der Waals surface area contributed by atoms with Crippen LogP contribution in [0.1, 0.15) is 25.7 Å². The van der Waals surface area contributed by atoms with Crippen molar-refractivity contribution in [2.75, 3.05) is 0 Å². The highest BCUT2D eigenvalue weighted by Crippen LogP contribution is 2.38. The van der Waals surface area contributed by atoms with Crippen molar-refractivity contribution in [1.29, 1.82) is 0 Å². The van der Waals surface area contributed by atoms with Crippen molar-refractivity contribution in [2.24, 2.45) is 5.92 Å². The number of benzene rings is 1. The van der Waals surface area contributed by atoms with Crippen LogP contribution in [0.15, 0.2) is 40.6 Å². The molecule has 1 saturated carbocycles. The van der Waals surface area contributed by atoms with Gasteiger partial charge in [-0.15, -0.1) is 0 Å². The molecular weight excluding hydrogens is 336 g/mol. The van der Waals surface area contributed by atoms with Crippen molar-refractivity contribution in [1.82, 2.24) is 0 Å². The zero-order chi connectivity index (χ0) is 14.8. The van der Waals surface area contributed by atoms with Crippen molar-refractivity contribution in [2.45, 2.75) is 31.8 Å². The Labute approximate surface area is 131 Å². The standard InChI is InChI=1S/C16H15BrO4/c17-13-14(11-8-4-5-9-12(11)18)21-16(19)15(13)20-10-6-2-1-3-7-10/h1-3,6-7,11,14H,4-5,8-9H2/t11-,14-/m1/s1. The highest BCUT2D eigenvalue weighted by Gasteiger charge is 2.43. The average Bonchev–Trinajstić information content (AvgIpc) is 2.77. The number of Topliss-reactive ketones (excluding diaryl/α,β-unsaturated/α-hetero) is 1. The van der Waals surface area contributed by atoms with Crippen molar-refractivity contribution in [3.63, 3.8) is 0 Å². The van der Waals surface area contributed by atoms with Gasteiger partial charge in [0.2, 0.25) is 5.76 Å². The summed E-state index contributed by atoms with van der Waals surface area (Å²) in [4.78, 5) is 24.0. The summed E-state index contributed by atoms with van der Waals surface area (Å²) in [5.74, 6) is 0.0987. The van der Waals surface area contributed by atoms with E-state index in [0.29, 0.717) is 16.7 Å². The Kier molecular flexibility index (Phi) is 4.10. The molecule has 1 heterocycles. The molecule has 0 radical (unpaired) electrons. The van der Waals surface area contributed by atoms with Gasteiger partial charge in [-0.2, -0.15) is 0 Å². The zero-order valence-electron chi connectivity index (χ0n) is 11.4. The van der Waals surface area contributed by atoms with Crippen LogP contribution < -0.4 is 4.74 Å². The molecule has 3 rings (SSSR count). The van der Waals surface area contributed by atoms with Gasteiger partial charge in [0, 0.05) is 6.42 Å². The predicted octanol–water partition coefficient (Wildman–Crippen LogP) is 3.36. The molecule has 21 heavy (non-hydrogen) atoms. The summed E-state index contributed by atoms with van der Waals surface area (Å²) in [5.41, 5.74) is 0. The molecule has 4 nitrogen and oxygen atoms in total. The number of esters is 1. The van der Waals surface area contributed by atoms with Gasteiger partial charge < -0.3 is 9.47 Å².